The van der Waals surface area contributed by atoms with Crippen LogP contribution in [0.15, 0.2) is 36.0 Å². The van der Waals surface area contributed by atoms with Gasteiger partial charge < -0.3 is 0 Å². The highest BCUT2D eigenvalue weighted by molar-refractivity contribution is 5.38. The molecule has 0 bridgehead atoms. The van der Waals surface area contributed by atoms with Crippen LogP contribution in [0.1, 0.15) is 34.1 Å². The fourth-order valence-corrected chi connectivity index (χ4v) is 1.54. The van der Waals surface area contributed by atoms with E-state index in [4.69, 9.17) is 5.26 Å². The van der Waals surface area contributed by atoms with Gasteiger partial charge in [0.15, 0.2) is 0 Å². The van der Waals surface area contributed by atoms with Gasteiger partial charge in [-0.3, -0.25) is 0 Å². The van der Waals surface area contributed by atoms with Crippen molar-refractivity contribution in [2.45, 2.75) is 34.1 Å². The first-order valence-electron chi connectivity index (χ1n) is 5.43. The Morgan fingerprint density at radius 3 is 2.40 bits per heavy atom. The summed E-state index contributed by atoms with van der Waals surface area (Å²) >= 11 is 0. The molecule has 0 radical (unpaired) electrons. The Balaban J connectivity index is 3.19. The van der Waals surface area contributed by atoms with Crippen molar-refractivity contribution in [2.24, 2.45) is 10.8 Å². The summed E-state index contributed by atoms with van der Waals surface area (Å²) in [6.07, 6.45) is 11.6. The lowest BCUT2D eigenvalue weighted by Gasteiger charge is -2.25. The minimum atomic E-state index is -0.0355. The zero-order valence-corrected chi connectivity index (χ0v) is 10.0. The number of allylic oxidation sites excluding steroid dienone is 6. The van der Waals surface area contributed by atoms with Crippen LogP contribution in [0.25, 0.3) is 0 Å². The lowest BCUT2D eigenvalue weighted by molar-refractivity contribution is 0.512. The number of nitriles is 1. The molecule has 0 saturated carbocycles. The molecule has 0 saturated heterocycles. The van der Waals surface area contributed by atoms with Crippen molar-refractivity contribution in [3.63, 3.8) is 0 Å². The first-order valence-corrected chi connectivity index (χ1v) is 5.43. The van der Waals surface area contributed by atoms with E-state index in [1.54, 1.807) is 0 Å². The van der Waals surface area contributed by atoms with Crippen molar-refractivity contribution in [3.05, 3.63) is 36.0 Å². The van der Waals surface area contributed by atoms with Crippen molar-refractivity contribution >= 4 is 0 Å². The van der Waals surface area contributed by atoms with E-state index in [1.807, 2.05) is 12.2 Å². The summed E-state index contributed by atoms with van der Waals surface area (Å²) < 4.78 is 0. The zero-order chi connectivity index (χ0) is 11.5. The summed E-state index contributed by atoms with van der Waals surface area (Å²) in [5, 5.41) is 8.99. The summed E-state index contributed by atoms with van der Waals surface area (Å²) in [7, 11) is 0. The SMILES string of the molecule is CCC1(C)C=CC(C#N)=CC(C)(C)C=C1. The Hall–Kier alpha value is -1.29. The minimum absolute atomic E-state index is 0.0355. The highest BCUT2D eigenvalue weighted by atomic mass is 14.3. The smallest absolute Gasteiger partial charge is 0.0988 e. The highest BCUT2D eigenvalue weighted by Gasteiger charge is 2.20. The predicted octanol–water partition coefficient (Wildman–Crippen LogP) is 4.00. The highest BCUT2D eigenvalue weighted by Crippen LogP contribution is 2.32. The molecule has 0 spiro atoms. The lowest BCUT2D eigenvalue weighted by atomic mass is 9.80. The van der Waals surface area contributed by atoms with Gasteiger partial charge in [-0.1, -0.05) is 52.0 Å². The Morgan fingerprint density at radius 2 is 1.87 bits per heavy atom. The lowest BCUT2D eigenvalue weighted by Crippen LogP contribution is -2.13. The van der Waals surface area contributed by atoms with Gasteiger partial charge in [0, 0.05) is 16.4 Å². The molecular formula is C14H19N. The van der Waals surface area contributed by atoms with Crippen LogP contribution in [0.3, 0.4) is 0 Å². The quantitative estimate of drug-likeness (QED) is 0.588. The first-order chi connectivity index (χ1) is 6.91. The van der Waals surface area contributed by atoms with E-state index in [2.05, 4.69) is 52.0 Å². The molecule has 1 aliphatic carbocycles. The minimum Gasteiger partial charge on any atom is -0.192 e. The average molecular weight is 201 g/mol. The van der Waals surface area contributed by atoms with E-state index in [1.165, 1.54) is 0 Å². The van der Waals surface area contributed by atoms with E-state index in [0.717, 1.165) is 12.0 Å². The summed E-state index contributed by atoms with van der Waals surface area (Å²) in [6, 6.07) is 2.23. The Bertz CT molecular complexity index is 363. The van der Waals surface area contributed by atoms with Crippen molar-refractivity contribution in [1.82, 2.24) is 0 Å². The number of hydrogen-bond donors (Lipinski definition) is 0. The molecule has 1 heteroatoms. The van der Waals surface area contributed by atoms with Crippen LogP contribution in [0.2, 0.25) is 0 Å². The van der Waals surface area contributed by atoms with Gasteiger partial charge in [-0.2, -0.15) is 5.26 Å². The molecule has 0 N–H and O–H groups in total. The largest absolute Gasteiger partial charge is 0.192 e. The maximum atomic E-state index is 8.99. The molecule has 0 amide bonds. The van der Waals surface area contributed by atoms with Crippen LogP contribution < -0.4 is 0 Å². The molecule has 1 nitrogen and oxygen atoms in total. The molecule has 1 atom stereocenters. The number of nitrogens with zero attached hydrogens (tertiary/aromatic N) is 1. The second-order valence-electron chi connectivity index (χ2n) is 5.06. The Morgan fingerprint density at radius 1 is 1.20 bits per heavy atom. The fourth-order valence-electron chi connectivity index (χ4n) is 1.54. The topological polar surface area (TPSA) is 23.8 Å². The molecule has 0 aromatic heterocycles. The summed E-state index contributed by atoms with van der Waals surface area (Å²) in [5.41, 5.74) is 0.795. The standard InChI is InChI=1S/C14H19N/c1-5-14(4)7-6-12(11-15)10-13(2,3)8-9-14/h6-10H,5H2,1-4H3. The van der Waals surface area contributed by atoms with Crippen LogP contribution in [0.4, 0.5) is 0 Å². The van der Waals surface area contributed by atoms with Crippen LogP contribution in [-0.2, 0) is 0 Å². The molecule has 0 aromatic rings. The predicted molar refractivity (Wildman–Crippen MR) is 64.2 cm³/mol. The van der Waals surface area contributed by atoms with Gasteiger partial charge in [0.05, 0.1) is 6.07 Å². The molecule has 0 aromatic carbocycles. The summed E-state index contributed by atoms with van der Waals surface area (Å²) in [4.78, 5) is 0. The van der Waals surface area contributed by atoms with Crippen molar-refractivity contribution in [2.75, 3.05) is 0 Å². The van der Waals surface area contributed by atoms with Crippen molar-refractivity contribution in [1.29, 1.82) is 5.26 Å². The van der Waals surface area contributed by atoms with Crippen molar-refractivity contribution in [3.8, 4) is 6.07 Å². The number of hydrogen-bond acceptors (Lipinski definition) is 1. The fraction of sp³-hybridized carbons (Fsp3) is 0.500. The third-order valence-corrected chi connectivity index (χ3v) is 2.96. The van der Waals surface area contributed by atoms with E-state index in [0.29, 0.717) is 0 Å². The third kappa shape index (κ3) is 3.09. The summed E-state index contributed by atoms with van der Waals surface area (Å²) in [6.45, 7) is 8.60. The molecular weight excluding hydrogens is 182 g/mol. The maximum Gasteiger partial charge on any atom is 0.0988 e. The molecule has 0 heterocycles. The van der Waals surface area contributed by atoms with Crippen LogP contribution >= 0.6 is 0 Å². The number of rotatable bonds is 1. The van der Waals surface area contributed by atoms with Crippen LogP contribution in [0.5, 0.6) is 0 Å². The first kappa shape index (κ1) is 11.8. The molecule has 1 aliphatic rings. The second kappa shape index (κ2) is 4.06. The van der Waals surface area contributed by atoms with E-state index in [9.17, 15) is 0 Å². The van der Waals surface area contributed by atoms with Gasteiger partial charge in [0.1, 0.15) is 0 Å². The van der Waals surface area contributed by atoms with Gasteiger partial charge in [0.2, 0.25) is 0 Å². The van der Waals surface area contributed by atoms with E-state index < -0.39 is 0 Å². The van der Waals surface area contributed by atoms with Crippen LogP contribution in [0, 0.1) is 22.2 Å². The Kier molecular flexibility index (Phi) is 3.19. The third-order valence-electron chi connectivity index (χ3n) is 2.96. The van der Waals surface area contributed by atoms with Gasteiger partial charge in [-0.25, -0.2) is 0 Å². The van der Waals surface area contributed by atoms with Crippen LogP contribution in [-0.4, -0.2) is 0 Å². The molecule has 15 heavy (non-hydrogen) atoms. The summed E-state index contributed by atoms with van der Waals surface area (Å²) in [5.74, 6) is 0. The molecule has 0 aliphatic heterocycles. The monoisotopic (exact) mass is 201 g/mol. The maximum absolute atomic E-state index is 8.99. The molecule has 80 valence electrons. The molecule has 1 rings (SSSR count). The van der Waals surface area contributed by atoms with Gasteiger partial charge in [-0.15, -0.1) is 0 Å². The average Bonchev–Trinajstić information content (AvgIpc) is 2.20. The Labute approximate surface area is 92.8 Å². The van der Waals surface area contributed by atoms with Gasteiger partial charge >= 0.3 is 0 Å². The van der Waals surface area contributed by atoms with Gasteiger partial charge in [-0.05, 0) is 12.5 Å². The zero-order valence-electron chi connectivity index (χ0n) is 10.0. The molecule has 1 unspecified atom stereocenters. The second-order valence-corrected chi connectivity index (χ2v) is 5.06. The molecule has 0 fully saturated rings. The van der Waals surface area contributed by atoms with E-state index in [-0.39, 0.29) is 10.8 Å². The van der Waals surface area contributed by atoms with Crippen molar-refractivity contribution < 1.29 is 0 Å². The normalized spacial score (nSPS) is 28.9. The van der Waals surface area contributed by atoms with E-state index >= 15 is 0 Å². The van der Waals surface area contributed by atoms with Gasteiger partial charge in [0.25, 0.3) is 0 Å².